The Bertz CT molecular complexity index is 1250. The molecule has 192 valence electrons. The molecule has 0 bridgehead atoms. The van der Waals surface area contributed by atoms with Gasteiger partial charge in [-0.15, -0.1) is 0 Å². The number of pyridine rings is 1. The molecule has 0 radical (unpaired) electrons. The van der Waals surface area contributed by atoms with Crippen molar-refractivity contribution in [2.24, 2.45) is 5.92 Å². The van der Waals surface area contributed by atoms with Gasteiger partial charge >= 0.3 is 5.97 Å². The number of amides is 1. The van der Waals surface area contributed by atoms with E-state index in [4.69, 9.17) is 0 Å². The molecule has 1 atom stereocenters. The fourth-order valence-electron chi connectivity index (χ4n) is 5.38. The lowest BCUT2D eigenvalue weighted by atomic mass is 9.95. The third-order valence-electron chi connectivity index (χ3n) is 7.61. The number of anilines is 2. The van der Waals surface area contributed by atoms with E-state index >= 15 is 0 Å². The number of carboxylic acids is 1. The van der Waals surface area contributed by atoms with Crippen LogP contribution in [0.1, 0.15) is 35.1 Å². The molecule has 1 amide bonds. The number of hydrogen-bond donors (Lipinski definition) is 2. The topological polar surface area (TPSA) is 85.8 Å². The van der Waals surface area contributed by atoms with Crippen LogP contribution in [0.15, 0.2) is 66.9 Å². The number of piperidine rings is 1. The first-order valence-corrected chi connectivity index (χ1v) is 13.1. The Labute approximate surface area is 218 Å². The van der Waals surface area contributed by atoms with Crippen molar-refractivity contribution in [1.82, 2.24) is 9.88 Å². The van der Waals surface area contributed by atoms with Crippen LogP contribution in [-0.2, 0) is 29.0 Å². The van der Waals surface area contributed by atoms with Crippen LogP contribution in [-0.4, -0.2) is 52.5 Å². The van der Waals surface area contributed by atoms with Crippen LogP contribution < -0.4 is 10.2 Å². The molecule has 1 aromatic heterocycles. The third kappa shape index (κ3) is 5.93. The highest BCUT2D eigenvalue weighted by atomic mass is 16.4. The number of carbonyl (C=O) groups is 2. The minimum absolute atomic E-state index is 0.127. The Morgan fingerprint density at radius 1 is 1.08 bits per heavy atom. The van der Waals surface area contributed by atoms with Crippen LogP contribution in [0.3, 0.4) is 0 Å². The van der Waals surface area contributed by atoms with E-state index in [0.717, 1.165) is 60.7 Å². The number of hydrogen-bond acceptors (Lipinski definition) is 5. The first-order chi connectivity index (χ1) is 18.0. The SMILES string of the molecule is Cc1ccnc(NCC2CCN(c3ccc(CC(C(=O)O)N4Cc5ccccc5CC4=O)cc3)CC2)c1. The summed E-state index contributed by atoms with van der Waals surface area (Å²) in [6, 6.07) is 19.1. The highest BCUT2D eigenvalue weighted by Gasteiger charge is 2.33. The maximum absolute atomic E-state index is 12.8. The summed E-state index contributed by atoms with van der Waals surface area (Å²) >= 11 is 0. The van der Waals surface area contributed by atoms with Crippen LogP contribution in [0.2, 0.25) is 0 Å². The van der Waals surface area contributed by atoms with Gasteiger partial charge in [-0.3, -0.25) is 4.79 Å². The predicted octanol–water partition coefficient (Wildman–Crippen LogP) is 4.30. The molecule has 0 saturated carbocycles. The summed E-state index contributed by atoms with van der Waals surface area (Å²) in [4.78, 5) is 33.2. The van der Waals surface area contributed by atoms with Crippen molar-refractivity contribution in [3.63, 3.8) is 0 Å². The highest BCUT2D eigenvalue weighted by molar-refractivity contribution is 5.86. The zero-order valence-electron chi connectivity index (χ0n) is 21.3. The number of nitrogens with one attached hydrogen (secondary N) is 1. The molecule has 7 nitrogen and oxygen atoms in total. The molecule has 37 heavy (non-hydrogen) atoms. The van der Waals surface area contributed by atoms with Crippen molar-refractivity contribution >= 4 is 23.4 Å². The molecule has 0 aliphatic carbocycles. The van der Waals surface area contributed by atoms with Gasteiger partial charge in [0.1, 0.15) is 11.9 Å². The smallest absolute Gasteiger partial charge is 0.326 e. The summed E-state index contributed by atoms with van der Waals surface area (Å²) in [5.74, 6) is 0.459. The maximum Gasteiger partial charge on any atom is 0.326 e. The largest absolute Gasteiger partial charge is 0.480 e. The van der Waals surface area contributed by atoms with E-state index in [-0.39, 0.29) is 12.3 Å². The fourth-order valence-corrected chi connectivity index (χ4v) is 5.38. The molecule has 1 saturated heterocycles. The maximum atomic E-state index is 12.8. The minimum Gasteiger partial charge on any atom is -0.480 e. The molecular formula is C30H34N4O3. The van der Waals surface area contributed by atoms with E-state index in [9.17, 15) is 14.7 Å². The molecular weight excluding hydrogens is 464 g/mol. The van der Waals surface area contributed by atoms with Gasteiger partial charge in [0.15, 0.2) is 0 Å². The van der Waals surface area contributed by atoms with Gasteiger partial charge in [-0.25, -0.2) is 9.78 Å². The molecule has 5 rings (SSSR count). The van der Waals surface area contributed by atoms with E-state index in [1.807, 2.05) is 48.7 Å². The van der Waals surface area contributed by atoms with E-state index in [0.29, 0.717) is 18.9 Å². The van der Waals surface area contributed by atoms with Crippen LogP contribution >= 0.6 is 0 Å². The molecule has 2 aliphatic heterocycles. The normalized spacial score (nSPS) is 16.8. The first-order valence-electron chi connectivity index (χ1n) is 13.1. The number of rotatable bonds is 8. The first kappa shape index (κ1) is 24.8. The van der Waals surface area contributed by atoms with E-state index < -0.39 is 12.0 Å². The average Bonchev–Trinajstić information content (AvgIpc) is 2.91. The number of aromatic nitrogens is 1. The molecule has 3 heterocycles. The van der Waals surface area contributed by atoms with Crippen molar-refractivity contribution in [3.8, 4) is 0 Å². The third-order valence-corrected chi connectivity index (χ3v) is 7.61. The minimum atomic E-state index is -0.964. The molecule has 2 N–H and O–H groups in total. The van der Waals surface area contributed by atoms with Crippen LogP contribution in [0.25, 0.3) is 0 Å². The van der Waals surface area contributed by atoms with Crippen molar-refractivity contribution in [3.05, 3.63) is 89.1 Å². The molecule has 0 spiro atoms. The molecule has 2 aromatic carbocycles. The van der Waals surface area contributed by atoms with E-state index in [1.54, 1.807) is 0 Å². The Morgan fingerprint density at radius 3 is 2.51 bits per heavy atom. The van der Waals surface area contributed by atoms with Crippen molar-refractivity contribution < 1.29 is 14.7 Å². The van der Waals surface area contributed by atoms with Gasteiger partial charge in [0.05, 0.1) is 6.42 Å². The van der Waals surface area contributed by atoms with E-state index in [1.165, 1.54) is 10.5 Å². The predicted molar refractivity (Wildman–Crippen MR) is 145 cm³/mol. The number of benzene rings is 2. The average molecular weight is 499 g/mol. The number of aryl methyl sites for hydroxylation is 1. The number of aliphatic carboxylic acids is 1. The Kier molecular flexibility index (Phi) is 7.40. The summed E-state index contributed by atoms with van der Waals surface area (Å²) in [6.07, 6.45) is 4.61. The summed E-state index contributed by atoms with van der Waals surface area (Å²) in [7, 11) is 0. The number of nitrogens with zero attached hydrogens (tertiary/aromatic N) is 3. The van der Waals surface area contributed by atoms with Gasteiger partial charge in [0, 0.05) is 44.5 Å². The fraction of sp³-hybridized carbons (Fsp3) is 0.367. The van der Waals surface area contributed by atoms with Gasteiger partial charge in [-0.05, 0) is 72.2 Å². The molecule has 1 fully saturated rings. The Hall–Kier alpha value is -3.87. The quantitative estimate of drug-likeness (QED) is 0.482. The second-order valence-electron chi connectivity index (χ2n) is 10.2. The second kappa shape index (κ2) is 11.0. The van der Waals surface area contributed by atoms with Gasteiger partial charge in [0.25, 0.3) is 0 Å². The van der Waals surface area contributed by atoms with E-state index in [2.05, 4.69) is 40.3 Å². The summed E-state index contributed by atoms with van der Waals surface area (Å²) in [5, 5.41) is 13.4. The monoisotopic (exact) mass is 498 g/mol. The zero-order chi connectivity index (χ0) is 25.8. The standard InChI is InChI=1S/C30H34N4O3/c1-21-10-13-31-28(16-21)32-19-23-11-14-33(15-12-23)26-8-6-22(7-9-26)17-27(30(36)37)34-20-25-5-3-2-4-24(25)18-29(34)35/h2-10,13,16,23,27H,11-12,14-15,17-20H2,1H3,(H,31,32)(H,36,37). The molecule has 2 aliphatic rings. The number of carboxylic acid groups (broad SMARTS) is 1. The zero-order valence-corrected chi connectivity index (χ0v) is 21.3. The highest BCUT2D eigenvalue weighted by Crippen LogP contribution is 2.26. The summed E-state index contributed by atoms with van der Waals surface area (Å²) < 4.78 is 0. The lowest BCUT2D eigenvalue weighted by Gasteiger charge is -2.34. The second-order valence-corrected chi connectivity index (χ2v) is 10.2. The molecule has 7 heteroatoms. The summed E-state index contributed by atoms with van der Waals surface area (Å²) in [6.45, 7) is 5.33. The van der Waals surface area contributed by atoms with Gasteiger partial charge < -0.3 is 20.2 Å². The Balaban J connectivity index is 1.16. The van der Waals surface area contributed by atoms with Crippen LogP contribution in [0.4, 0.5) is 11.5 Å². The summed E-state index contributed by atoms with van der Waals surface area (Å²) in [5.41, 5.74) is 5.30. The van der Waals surface area contributed by atoms with Crippen LogP contribution in [0, 0.1) is 12.8 Å². The van der Waals surface area contributed by atoms with Gasteiger partial charge in [-0.2, -0.15) is 0 Å². The number of fused-ring (bicyclic) bond motifs is 1. The van der Waals surface area contributed by atoms with Crippen molar-refractivity contribution in [1.29, 1.82) is 0 Å². The number of carbonyl (C=O) groups excluding carboxylic acids is 1. The van der Waals surface area contributed by atoms with Crippen LogP contribution in [0.5, 0.6) is 0 Å². The van der Waals surface area contributed by atoms with Crippen molar-refractivity contribution in [2.45, 2.75) is 45.2 Å². The molecule has 3 aromatic rings. The van der Waals surface area contributed by atoms with Gasteiger partial charge in [0.2, 0.25) is 5.91 Å². The lowest BCUT2D eigenvalue weighted by molar-refractivity contribution is -0.151. The van der Waals surface area contributed by atoms with Gasteiger partial charge in [-0.1, -0.05) is 36.4 Å². The van der Waals surface area contributed by atoms with Crippen molar-refractivity contribution in [2.75, 3.05) is 29.9 Å². The lowest BCUT2D eigenvalue weighted by Crippen LogP contribution is -2.48. The Morgan fingerprint density at radius 2 is 1.81 bits per heavy atom. The molecule has 1 unspecified atom stereocenters.